The van der Waals surface area contributed by atoms with Crippen LogP contribution in [-0.4, -0.2) is 37.3 Å². The van der Waals surface area contributed by atoms with Crippen LogP contribution >= 0.6 is 0 Å². The van der Waals surface area contributed by atoms with Crippen LogP contribution in [0.25, 0.3) is 0 Å². The molecule has 0 aliphatic heterocycles. The average molecular weight is 210 g/mol. The molecule has 0 amide bonds. The van der Waals surface area contributed by atoms with Crippen molar-refractivity contribution in [3.8, 4) is 0 Å². The summed E-state index contributed by atoms with van der Waals surface area (Å²) in [5, 5.41) is 0. The number of nitrogens with zero attached hydrogens (tertiary/aromatic N) is 1. The zero-order valence-electron chi connectivity index (χ0n) is 8.35. The van der Waals surface area contributed by atoms with Crippen LogP contribution in [0.5, 0.6) is 0 Å². The number of nitrogens with two attached hydrogens (primary N) is 1. The van der Waals surface area contributed by atoms with Gasteiger partial charge in [0.1, 0.15) is 6.04 Å². The minimum atomic E-state index is -4.20. The van der Waals surface area contributed by atoms with Gasteiger partial charge in [-0.1, -0.05) is 6.42 Å². The monoisotopic (exact) mass is 210 g/mol. The standard InChI is InChI=1S/C9H17F3N2/c1-14(6-7-3-2-4-7)8(5-13)9(10,11)12/h7-8H,2-6,13H2,1H3. The maximum absolute atomic E-state index is 12.4. The summed E-state index contributed by atoms with van der Waals surface area (Å²) >= 11 is 0. The predicted octanol–water partition coefficient (Wildman–Crippen LogP) is 1.61. The molecule has 2 N–H and O–H groups in total. The highest BCUT2D eigenvalue weighted by atomic mass is 19.4. The van der Waals surface area contributed by atoms with Crippen molar-refractivity contribution in [2.24, 2.45) is 11.7 Å². The van der Waals surface area contributed by atoms with Crippen LogP contribution in [0.3, 0.4) is 0 Å². The number of hydrogen-bond acceptors (Lipinski definition) is 2. The van der Waals surface area contributed by atoms with Gasteiger partial charge in [-0.05, 0) is 25.8 Å². The molecule has 0 aromatic rings. The van der Waals surface area contributed by atoms with Gasteiger partial charge in [0.25, 0.3) is 0 Å². The summed E-state index contributed by atoms with van der Waals surface area (Å²) in [4.78, 5) is 1.34. The fourth-order valence-electron chi connectivity index (χ4n) is 1.77. The fraction of sp³-hybridized carbons (Fsp3) is 1.00. The Hall–Kier alpha value is -0.290. The molecule has 1 fully saturated rings. The number of likely N-dealkylation sites (N-methyl/N-ethyl adjacent to an activating group) is 1. The molecular weight excluding hydrogens is 193 g/mol. The lowest BCUT2D eigenvalue weighted by molar-refractivity contribution is -0.179. The van der Waals surface area contributed by atoms with Crippen LogP contribution in [0.2, 0.25) is 0 Å². The van der Waals surface area contributed by atoms with Crippen molar-refractivity contribution in [3.05, 3.63) is 0 Å². The Labute approximate surface area is 82.2 Å². The minimum Gasteiger partial charge on any atom is -0.329 e. The Balaban J connectivity index is 2.42. The lowest BCUT2D eigenvalue weighted by atomic mass is 9.85. The van der Waals surface area contributed by atoms with E-state index in [1.165, 1.54) is 11.9 Å². The first-order valence-electron chi connectivity index (χ1n) is 4.92. The molecule has 0 bridgehead atoms. The van der Waals surface area contributed by atoms with Gasteiger partial charge >= 0.3 is 6.18 Å². The van der Waals surface area contributed by atoms with Gasteiger partial charge in [0.15, 0.2) is 0 Å². The number of hydrogen-bond donors (Lipinski definition) is 1. The van der Waals surface area contributed by atoms with Crippen molar-refractivity contribution in [2.45, 2.75) is 31.5 Å². The first-order valence-corrected chi connectivity index (χ1v) is 4.92. The number of halogens is 3. The molecule has 14 heavy (non-hydrogen) atoms. The predicted molar refractivity (Wildman–Crippen MR) is 48.9 cm³/mol. The summed E-state index contributed by atoms with van der Waals surface area (Å²) in [6, 6.07) is -1.48. The largest absolute Gasteiger partial charge is 0.405 e. The molecule has 84 valence electrons. The second-order valence-electron chi connectivity index (χ2n) is 4.03. The van der Waals surface area contributed by atoms with E-state index in [9.17, 15) is 13.2 Å². The molecule has 0 heterocycles. The van der Waals surface area contributed by atoms with Crippen LogP contribution in [0.15, 0.2) is 0 Å². The Bertz CT molecular complexity index is 177. The molecule has 0 spiro atoms. The fourth-order valence-corrected chi connectivity index (χ4v) is 1.77. The molecule has 1 saturated carbocycles. The zero-order chi connectivity index (χ0) is 10.8. The third-order valence-corrected chi connectivity index (χ3v) is 2.90. The highest BCUT2D eigenvalue weighted by molar-refractivity contribution is 4.81. The zero-order valence-corrected chi connectivity index (χ0v) is 8.35. The Morgan fingerprint density at radius 1 is 1.43 bits per heavy atom. The Morgan fingerprint density at radius 2 is 2.00 bits per heavy atom. The molecule has 1 rings (SSSR count). The van der Waals surface area contributed by atoms with Gasteiger partial charge in [-0.3, -0.25) is 4.90 Å². The van der Waals surface area contributed by atoms with Gasteiger partial charge in [0.05, 0.1) is 0 Å². The van der Waals surface area contributed by atoms with Crippen LogP contribution < -0.4 is 5.73 Å². The minimum absolute atomic E-state index is 0.354. The Kier molecular flexibility index (Phi) is 3.78. The lowest BCUT2D eigenvalue weighted by Gasteiger charge is -2.35. The van der Waals surface area contributed by atoms with Gasteiger partial charge in [0.2, 0.25) is 0 Å². The van der Waals surface area contributed by atoms with E-state index in [4.69, 9.17) is 5.73 Å². The molecular formula is C9H17F3N2. The molecule has 5 heteroatoms. The first kappa shape index (κ1) is 11.8. The topological polar surface area (TPSA) is 29.3 Å². The highest BCUT2D eigenvalue weighted by Crippen LogP contribution is 2.30. The third-order valence-electron chi connectivity index (χ3n) is 2.90. The first-order chi connectivity index (χ1) is 6.45. The van der Waals surface area contributed by atoms with Crippen LogP contribution in [-0.2, 0) is 0 Å². The molecule has 2 nitrogen and oxygen atoms in total. The van der Waals surface area contributed by atoms with Crippen molar-refractivity contribution in [3.63, 3.8) is 0 Å². The van der Waals surface area contributed by atoms with Gasteiger partial charge < -0.3 is 5.73 Å². The van der Waals surface area contributed by atoms with Crippen LogP contribution in [0, 0.1) is 5.92 Å². The van der Waals surface area contributed by atoms with Gasteiger partial charge in [-0.2, -0.15) is 13.2 Å². The van der Waals surface area contributed by atoms with E-state index in [2.05, 4.69) is 0 Å². The van der Waals surface area contributed by atoms with E-state index in [0.717, 1.165) is 19.3 Å². The molecule has 0 radical (unpaired) electrons. The summed E-state index contributed by atoms with van der Waals surface area (Å²) < 4.78 is 37.3. The van der Waals surface area contributed by atoms with E-state index in [-0.39, 0.29) is 6.54 Å². The molecule has 0 aromatic carbocycles. The SMILES string of the molecule is CN(CC1CCC1)C(CN)C(F)(F)F. The van der Waals surface area contributed by atoms with Gasteiger partial charge in [-0.25, -0.2) is 0 Å². The quantitative estimate of drug-likeness (QED) is 0.763. The van der Waals surface area contributed by atoms with Crippen molar-refractivity contribution in [2.75, 3.05) is 20.1 Å². The second-order valence-corrected chi connectivity index (χ2v) is 4.03. The summed E-state index contributed by atoms with van der Waals surface area (Å²) in [6.45, 7) is 0.161. The Morgan fingerprint density at radius 3 is 2.29 bits per heavy atom. The molecule has 1 aliphatic rings. The van der Waals surface area contributed by atoms with E-state index >= 15 is 0 Å². The summed E-state index contributed by atoms with van der Waals surface area (Å²) in [5.41, 5.74) is 5.13. The summed E-state index contributed by atoms with van der Waals surface area (Å²) in [5.74, 6) is 0.441. The average Bonchev–Trinajstić information content (AvgIpc) is 1.95. The lowest BCUT2D eigenvalue weighted by Crippen LogP contribution is -2.50. The van der Waals surface area contributed by atoms with E-state index in [1.807, 2.05) is 0 Å². The molecule has 1 unspecified atom stereocenters. The van der Waals surface area contributed by atoms with E-state index in [0.29, 0.717) is 12.5 Å². The van der Waals surface area contributed by atoms with Crippen molar-refractivity contribution in [1.82, 2.24) is 4.90 Å². The van der Waals surface area contributed by atoms with Gasteiger partial charge in [0, 0.05) is 13.1 Å². The third kappa shape index (κ3) is 2.85. The van der Waals surface area contributed by atoms with Crippen molar-refractivity contribution in [1.29, 1.82) is 0 Å². The van der Waals surface area contributed by atoms with E-state index in [1.54, 1.807) is 0 Å². The normalized spacial score (nSPS) is 21.0. The summed E-state index contributed by atoms with van der Waals surface area (Å²) in [7, 11) is 1.50. The summed E-state index contributed by atoms with van der Waals surface area (Å²) in [6.07, 6.45) is -0.940. The number of rotatable bonds is 4. The smallest absolute Gasteiger partial charge is 0.329 e. The number of alkyl halides is 3. The molecule has 0 saturated heterocycles. The van der Waals surface area contributed by atoms with Crippen molar-refractivity contribution < 1.29 is 13.2 Å². The van der Waals surface area contributed by atoms with Crippen LogP contribution in [0.1, 0.15) is 19.3 Å². The molecule has 1 atom stereocenters. The van der Waals surface area contributed by atoms with Gasteiger partial charge in [-0.15, -0.1) is 0 Å². The maximum atomic E-state index is 12.4. The molecule has 0 aromatic heterocycles. The molecule has 1 aliphatic carbocycles. The highest BCUT2D eigenvalue weighted by Gasteiger charge is 2.41. The maximum Gasteiger partial charge on any atom is 0.405 e. The van der Waals surface area contributed by atoms with Crippen molar-refractivity contribution >= 4 is 0 Å². The van der Waals surface area contributed by atoms with E-state index < -0.39 is 12.2 Å². The second kappa shape index (κ2) is 4.49. The van der Waals surface area contributed by atoms with Crippen LogP contribution in [0.4, 0.5) is 13.2 Å².